The van der Waals surface area contributed by atoms with E-state index in [1.807, 2.05) is 24.3 Å². The van der Waals surface area contributed by atoms with Crippen LogP contribution >= 0.6 is 39.1 Å². The fourth-order valence-corrected chi connectivity index (χ4v) is 2.86. The molecule has 0 aliphatic carbocycles. The Morgan fingerprint density at radius 2 is 1.95 bits per heavy atom. The van der Waals surface area contributed by atoms with Crippen LogP contribution in [-0.4, -0.2) is 6.61 Å². The van der Waals surface area contributed by atoms with Crippen molar-refractivity contribution in [3.8, 4) is 11.8 Å². The molecule has 0 radical (unpaired) electrons. The molecule has 0 spiro atoms. The number of ether oxygens (including phenoxy) is 1. The second-order valence-electron chi connectivity index (χ2n) is 4.42. The highest BCUT2D eigenvalue weighted by Gasteiger charge is 2.15. The Hall–Kier alpha value is -1.21. The Balaban J connectivity index is 2.01. The topological polar surface area (TPSA) is 33.0 Å². The van der Waals surface area contributed by atoms with Crippen LogP contribution in [0.1, 0.15) is 17.9 Å². The van der Waals surface area contributed by atoms with Crippen molar-refractivity contribution in [3.05, 3.63) is 62.5 Å². The summed E-state index contributed by atoms with van der Waals surface area (Å²) in [6, 6.07) is 15.0. The lowest BCUT2D eigenvalue weighted by atomic mass is 9.97. The molecule has 0 N–H and O–H groups in total. The molecule has 2 rings (SSSR count). The minimum absolute atomic E-state index is 0.322. The van der Waals surface area contributed by atoms with E-state index in [9.17, 15) is 5.26 Å². The van der Waals surface area contributed by atoms with Gasteiger partial charge in [0, 0.05) is 16.5 Å². The summed E-state index contributed by atoms with van der Waals surface area (Å²) in [5.74, 6) is 0.439. The van der Waals surface area contributed by atoms with E-state index in [4.69, 9.17) is 27.9 Å². The van der Waals surface area contributed by atoms with Crippen LogP contribution in [0.5, 0.6) is 5.75 Å². The molecule has 0 aliphatic heterocycles. The molecule has 108 valence electrons. The molecule has 2 aromatic rings. The van der Waals surface area contributed by atoms with Gasteiger partial charge in [-0.3, -0.25) is 0 Å². The minimum Gasteiger partial charge on any atom is -0.492 e. The van der Waals surface area contributed by atoms with Crippen molar-refractivity contribution in [2.45, 2.75) is 12.3 Å². The molecule has 5 heteroatoms. The maximum Gasteiger partial charge on any atom is 0.133 e. The minimum atomic E-state index is -0.322. The van der Waals surface area contributed by atoms with Gasteiger partial charge in [-0.1, -0.05) is 41.4 Å². The number of benzene rings is 2. The van der Waals surface area contributed by atoms with Crippen molar-refractivity contribution in [2.75, 3.05) is 6.61 Å². The Morgan fingerprint density at radius 1 is 1.19 bits per heavy atom. The summed E-state index contributed by atoms with van der Waals surface area (Å²) >= 11 is 15.4. The largest absolute Gasteiger partial charge is 0.492 e. The maximum absolute atomic E-state index is 9.32. The van der Waals surface area contributed by atoms with Gasteiger partial charge >= 0.3 is 0 Å². The van der Waals surface area contributed by atoms with Gasteiger partial charge in [-0.05, 0) is 45.8 Å². The smallest absolute Gasteiger partial charge is 0.133 e. The Labute approximate surface area is 142 Å². The van der Waals surface area contributed by atoms with Gasteiger partial charge in [0.05, 0.1) is 23.1 Å². The highest BCUT2D eigenvalue weighted by atomic mass is 79.9. The predicted molar refractivity (Wildman–Crippen MR) is 89.1 cm³/mol. The van der Waals surface area contributed by atoms with E-state index >= 15 is 0 Å². The zero-order valence-electron chi connectivity index (χ0n) is 11.0. The summed E-state index contributed by atoms with van der Waals surface area (Å²) in [6.45, 7) is 0.430. The van der Waals surface area contributed by atoms with E-state index in [0.717, 1.165) is 15.8 Å². The van der Waals surface area contributed by atoms with Gasteiger partial charge in [0.25, 0.3) is 0 Å². The Kier molecular flexibility index (Phi) is 5.93. The molecule has 21 heavy (non-hydrogen) atoms. The number of hydrogen-bond donors (Lipinski definition) is 0. The van der Waals surface area contributed by atoms with E-state index in [1.165, 1.54) is 0 Å². The highest BCUT2D eigenvalue weighted by molar-refractivity contribution is 9.10. The summed E-state index contributed by atoms with van der Waals surface area (Å²) < 4.78 is 6.58. The number of para-hydroxylation sites is 1. The molecule has 1 atom stereocenters. The lowest BCUT2D eigenvalue weighted by Gasteiger charge is -2.13. The summed E-state index contributed by atoms with van der Waals surface area (Å²) in [7, 11) is 0. The third kappa shape index (κ3) is 4.38. The van der Waals surface area contributed by atoms with Gasteiger partial charge in [0.1, 0.15) is 5.75 Å². The zero-order chi connectivity index (χ0) is 15.2. The zero-order valence-corrected chi connectivity index (χ0v) is 14.1. The average Bonchev–Trinajstić information content (AvgIpc) is 2.46. The van der Waals surface area contributed by atoms with Crippen LogP contribution < -0.4 is 4.74 Å². The van der Waals surface area contributed by atoms with E-state index in [2.05, 4.69) is 22.0 Å². The van der Waals surface area contributed by atoms with Gasteiger partial charge in [0.15, 0.2) is 0 Å². The SMILES string of the molecule is N#C[C@H](CCOc1ccccc1Br)c1ccc(Cl)cc1Cl. The maximum atomic E-state index is 9.32. The number of hydrogen-bond acceptors (Lipinski definition) is 2. The van der Waals surface area contributed by atoms with Crippen LogP contribution in [0, 0.1) is 11.3 Å². The van der Waals surface area contributed by atoms with Crippen molar-refractivity contribution in [3.63, 3.8) is 0 Å². The fourth-order valence-electron chi connectivity index (χ4n) is 1.92. The Bertz CT molecular complexity index is 670. The Morgan fingerprint density at radius 3 is 2.62 bits per heavy atom. The molecular weight excluding hydrogens is 373 g/mol. The van der Waals surface area contributed by atoms with Crippen molar-refractivity contribution >= 4 is 39.1 Å². The van der Waals surface area contributed by atoms with E-state index < -0.39 is 0 Å². The van der Waals surface area contributed by atoms with Gasteiger partial charge in [-0.15, -0.1) is 0 Å². The summed E-state index contributed by atoms with van der Waals surface area (Å²) in [5.41, 5.74) is 0.777. The van der Waals surface area contributed by atoms with E-state index in [0.29, 0.717) is 23.1 Å². The molecule has 2 nitrogen and oxygen atoms in total. The predicted octanol–water partition coefficient (Wildman–Crippen LogP) is 5.83. The van der Waals surface area contributed by atoms with E-state index in [1.54, 1.807) is 18.2 Å². The highest BCUT2D eigenvalue weighted by Crippen LogP contribution is 2.30. The molecular formula is C16H12BrCl2NO. The quantitative estimate of drug-likeness (QED) is 0.649. The summed E-state index contributed by atoms with van der Waals surface area (Å²) in [6.07, 6.45) is 0.555. The van der Waals surface area contributed by atoms with Gasteiger partial charge < -0.3 is 4.74 Å². The van der Waals surface area contributed by atoms with Crippen LogP contribution in [0.3, 0.4) is 0 Å². The first-order valence-electron chi connectivity index (χ1n) is 6.33. The summed E-state index contributed by atoms with van der Waals surface area (Å²) in [4.78, 5) is 0. The molecule has 2 aromatic carbocycles. The van der Waals surface area contributed by atoms with E-state index in [-0.39, 0.29) is 5.92 Å². The second kappa shape index (κ2) is 7.70. The van der Waals surface area contributed by atoms with Gasteiger partial charge in [-0.25, -0.2) is 0 Å². The van der Waals surface area contributed by atoms with Gasteiger partial charge in [0.2, 0.25) is 0 Å². The van der Waals surface area contributed by atoms with Crippen LogP contribution in [0.2, 0.25) is 10.0 Å². The monoisotopic (exact) mass is 383 g/mol. The number of nitriles is 1. The first-order chi connectivity index (χ1) is 10.1. The average molecular weight is 385 g/mol. The van der Waals surface area contributed by atoms with Gasteiger partial charge in [-0.2, -0.15) is 5.26 Å². The van der Waals surface area contributed by atoms with Crippen LogP contribution in [0.25, 0.3) is 0 Å². The first-order valence-corrected chi connectivity index (χ1v) is 7.88. The summed E-state index contributed by atoms with van der Waals surface area (Å²) in [5, 5.41) is 10.4. The third-order valence-corrected chi connectivity index (χ3v) is 4.21. The molecule has 0 aromatic heterocycles. The molecule has 0 unspecified atom stereocenters. The number of halogens is 3. The van der Waals surface area contributed by atoms with Crippen molar-refractivity contribution < 1.29 is 4.74 Å². The molecule has 0 saturated carbocycles. The molecule has 0 saturated heterocycles. The molecule has 0 aliphatic rings. The van der Waals surface area contributed by atoms with Crippen LogP contribution in [0.4, 0.5) is 0 Å². The fraction of sp³-hybridized carbons (Fsp3) is 0.188. The van der Waals surface area contributed by atoms with Crippen molar-refractivity contribution in [1.29, 1.82) is 5.26 Å². The lowest BCUT2D eigenvalue weighted by molar-refractivity contribution is 0.304. The van der Waals surface area contributed by atoms with Crippen LogP contribution in [-0.2, 0) is 0 Å². The molecule has 0 bridgehead atoms. The second-order valence-corrected chi connectivity index (χ2v) is 6.11. The van der Waals surface area contributed by atoms with Crippen molar-refractivity contribution in [1.82, 2.24) is 0 Å². The molecule has 0 fully saturated rings. The third-order valence-electron chi connectivity index (χ3n) is 2.99. The van der Waals surface area contributed by atoms with Crippen molar-refractivity contribution in [2.24, 2.45) is 0 Å². The number of rotatable bonds is 5. The lowest BCUT2D eigenvalue weighted by Crippen LogP contribution is -2.05. The van der Waals surface area contributed by atoms with Crippen LogP contribution in [0.15, 0.2) is 46.9 Å². The number of nitrogens with zero attached hydrogens (tertiary/aromatic N) is 1. The molecule has 0 heterocycles. The first kappa shape index (κ1) is 16.2. The normalized spacial score (nSPS) is 11.7. The molecule has 0 amide bonds. The standard InChI is InChI=1S/C16H12BrCl2NO/c17-14-3-1-2-4-16(14)21-8-7-11(10-20)13-6-5-12(18)9-15(13)19/h1-6,9,11H,7-8H2/t11-/m0/s1.